The smallest absolute Gasteiger partial charge is 0.0351 e. The van der Waals surface area contributed by atoms with Gasteiger partial charge in [-0.15, -0.1) is 11.6 Å². The second kappa shape index (κ2) is 5.03. The topological polar surface area (TPSA) is 29.3 Å². The van der Waals surface area contributed by atoms with Crippen molar-refractivity contribution >= 4 is 11.6 Å². The van der Waals surface area contributed by atoms with Crippen molar-refractivity contribution in [3.05, 3.63) is 0 Å². The summed E-state index contributed by atoms with van der Waals surface area (Å²) in [4.78, 5) is 2.54. The Balaban J connectivity index is 1.83. The van der Waals surface area contributed by atoms with Crippen LogP contribution in [-0.2, 0) is 0 Å². The summed E-state index contributed by atoms with van der Waals surface area (Å²) in [5.41, 5.74) is 6.37. The van der Waals surface area contributed by atoms with Gasteiger partial charge >= 0.3 is 0 Å². The third-order valence-corrected chi connectivity index (χ3v) is 4.59. The lowest BCUT2D eigenvalue weighted by molar-refractivity contribution is 0.155. The van der Waals surface area contributed by atoms with Gasteiger partial charge in [-0.05, 0) is 56.5 Å². The van der Waals surface area contributed by atoms with Crippen LogP contribution in [0.4, 0.5) is 0 Å². The summed E-state index contributed by atoms with van der Waals surface area (Å²) < 4.78 is 0. The fraction of sp³-hybridized carbons (Fsp3) is 1.00. The van der Waals surface area contributed by atoms with E-state index in [-0.39, 0.29) is 0 Å². The van der Waals surface area contributed by atoms with Crippen molar-refractivity contribution in [1.82, 2.24) is 4.90 Å². The molecule has 1 aliphatic carbocycles. The van der Waals surface area contributed by atoms with Gasteiger partial charge in [0.15, 0.2) is 0 Å². The third-order valence-electron chi connectivity index (χ3n) is 4.42. The van der Waals surface area contributed by atoms with Gasteiger partial charge < -0.3 is 10.6 Å². The van der Waals surface area contributed by atoms with Gasteiger partial charge in [0.05, 0.1) is 0 Å². The summed E-state index contributed by atoms with van der Waals surface area (Å²) in [5, 5.41) is 0. The van der Waals surface area contributed by atoms with Gasteiger partial charge in [0.25, 0.3) is 0 Å². The highest BCUT2D eigenvalue weighted by atomic mass is 35.5. The number of hydrogen-bond donors (Lipinski definition) is 1. The van der Waals surface area contributed by atoms with Crippen molar-refractivity contribution in [2.24, 2.45) is 17.1 Å². The SMILES string of the molecule is NCC1CCC2(CC1)CCN(CCCl)C2. The molecule has 0 aromatic carbocycles. The molecule has 1 spiro atoms. The quantitative estimate of drug-likeness (QED) is 0.753. The average molecular weight is 231 g/mol. The molecule has 1 aliphatic heterocycles. The molecule has 0 radical (unpaired) electrons. The fourth-order valence-electron chi connectivity index (χ4n) is 3.27. The molecular weight excluding hydrogens is 208 g/mol. The maximum Gasteiger partial charge on any atom is 0.0351 e. The highest BCUT2D eigenvalue weighted by molar-refractivity contribution is 6.18. The Kier molecular flexibility index (Phi) is 3.92. The maximum absolute atomic E-state index is 5.80. The molecule has 2 N–H and O–H groups in total. The molecule has 0 unspecified atom stereocenters. The van der Waals surface area contributed by atoms with Crippen LogP contribution in [0.5, 0.6) is 0 Å². The van der Waals surface area contributed by atoms with Crippen molar-refractivity contribution < 1.29 is 0 Å². The van der Waals surface area contributed by atoms with E-state index in [0.29, 0.717) is 5.41 Å². The average Bonchev–Trinajstić information content (AvgIpc) is 2.64. The summed E-state index contributed by atoms with van der Waals surface area (Å²) in [7, 11) is 0. The number of rotatable bonds is 3. The van der Waals surface area contributed by atoms with E-state index in [1.807, 2.05) is 0 Å². The first-order valence-corrected chi connectivity index (χ1v) is 6.80. The largest absolute Gasteiger partial charge is 0.330 e. The highest BCUT2D eigenvalue weighted by Gasteiger charge is 2.40. The minimum absolute atomic E-state index is 0.637. The molecule has 15 heavy (non-hydrogen) atoms. The van der Waals surface area contributed by atoms with Gasteiger partial charge in [-0.3, -0.25) is 0 Å². The minimum atomic E-state index is 0.637. The zero-order chi connectivity index (χ0) is 10.7. The van der Waals surface area contributed by atoms with E-state index in [9.17, 15) is 0 Å². The molecule has 0 amide bonds. The van der Waals surface area contributed by atoms with Gasteiger partial charge in [-0.2, -0.15) is 0 Å². The zero-order valence-electron chi connectivity index (χ0n) is 9.55. The van der Waals surface area contributed by atoms with Gasteiger partial charge in [-0.25, -0.2) is 0 Å². The lowest BCUT2D eigenvalue weighted by atomic mass is 9.70. The Morgan fingerprint density at radius 1 is 1.27 bits per heavy atom. The van der Waals surface area contributed by atoms with E-state index < -0.39 is 0 Å². The first-order valence-electron chi connectivity index (χ1n) is 6.26. The first-order chi connectivity index (χ1) is 7.28. The van der Waals surface area contributed by atoms with Crippen molar-refractivity contribution in [2.75, 3.05) is 32.1 Å². The predicted octanol–water partition coefficient (Wildman–Crippen LogP) is 2.07. The minimum Gasteiger partial charge on any atom is -0.330 e. The molecule has 88 valence electrons. The van der Waals surface area contributed by atoms with Crippen molar-refractivity contribution in [3.8, 4) is 0 Å². The Bertz CT molecular complexity index is 200. The van der Waals surface area contributed by atoms with Crippen molar-refractivity contribution in [3.63, 3.8) is 0 Å². The van der Waals surface area contributed by atoms with E-state index in [1.165, 1.54) is 45.2 Å². The van der Waals surface area contributed by atoms with E-state index in [4.69, 9.17) is 17.3 Å². The summed E-state index contributed by atoms with van der Waals surface area (Å²) in [6, 6.07) is 0. The Labute approximate surface area is 98.1 Å². The summed E-state index contributed by atoms with van der Waals surface area (Å²) >= 11 is 5.80. The normalized spacial score (nSPS) is 37.6. The number of hydrogen-bond acceptors (Lipinski definition) is 2. The number of likely N-dealkylation sites (tertiary alicyclic amines) is 1. The second-order valence-corrected chi connectivity index (χ2v) is 5.77. The van der Waals surface area contributed by atoms with Crippen LogP contribution in [0.1, 0.15) is 32.1 Å². The number of alkyl halides is 1. The molecule has 2 nitrogen and oxygen atoms in total. The summed E-state index contributed by atoms with van der Waals surface area (Å²) in [6.45, 7) is 4.52. The van der Waals surface area contributed by atoms with Gasteiger partial charge in [0.2, 0.25) is 0 Å². The molecule has 2 fully saturated rings. The van der Waals surface area contributed by atoms with E-state index >= 15 is 0 Å². The number of nitrogens with two attached hydrogens (primary N) is 1. The second-order valence-electron chi connectivity index (χ2n) is 5.39. The van der Waals surface area contributed by atoms with E-state index in [1.54, 1.807) is 0 Å². The molecular formula is C12H23ClN2. The first kappa shape index (κ1) is 11.7. The molecule has 2 rings (SSSR count). The lowest BCUT2D eigenvalue weighted by Crippen LogP contribution is -2.33. The van der Waals surface area contributed by atoms with Crippen LogP contribution in [-0.4, -0.2) is 37.0 Å². The van der Waals surface area contributed by atoms with Gasteiger partial charge in [0, 0.05) is 19.0 Å². The van der Waals surface area contributed by atoms with Crippen LogP contribution in [0.15, 0.2) is 0 Å². The van der Waals surface area contributed by atoms with Crippen LogP contribution in [0.25, 0.3) is 0 Å². The summed E-state index contributed by atoms with van der Waals surface area (Å²) in [5.74, 6) is 1.58. The van der Waals surface area contributed by atoms with Gasteiger partial charge in [-0.1, -0.05) is 0 Å². The van der Waals surface area contributed by atoms with Crippen LogP contribution in [0.2, 0.25) is 0 Å². The Morgan fingerprint density at radius 2 is 2.00 bits per heavy atom. The molecule has 0 bridgehead atoms. The molecule has 3 heteroatoms. The van der Waals surface area contributed by atoms with Crippen LogP contribution >= 0.6 is 11.6 Å². The lowest BCUT2D eigenvalue weighted by Gasteiger charge is -2.37. The molecule has 1 heterocycles. The monoisotopic (exact) mass is 230 g/mol. The summed E-state index contributed by atoms with van der Waals surface area (Å²) in [6.07, 6.45) is 6.89. The Morgan fingerprint density at radius 3 is 2.60 bits per heavy atom. The predicted molar refractivity (Wildman–Crippen MR) is 65.2 cm³/mol. The van der Waals surface area contributed by atoms with Crippen LogP contribution in [0.3, 0.4) is 0 Å². The van der Waals surface area contributed by atoms with E-state index in [2.05, 4.69) is 4.90 Å². The molecule has 0 aromatic rings. The highest BCUT2D eigenvalue weighted by Crippen LogP contribution is 2.45. The van der Waals surface area contributed by atoms with Crippen LogP contribution < -0.4 is 5.73 Å². The van der Waals surface area contributed by atoms with E-state index in [0.717, 1.165) is 24.9 Å². The van der Waals surface area contributed by atoms with Crippen LogP contribution in [0, 0.1) is 11.3 Å². The standard InChI is InChI=1S/C12H23ClN2/c13-6-8-15-7-5-12(10-15)3-1-11(9-14)2-4-12/h11H,1-10,14H2. The third kappa shape index (κ3) is 2.66. The van der Waals surface area contributed by atoms with Crippen molar-refractivity contribution in [2.45, 2.75) is 32.1 Å². The number of halogens is 1. The fourth-order valence-corrected chi connectivity index (χ4v) is 3.51. The Hall–Kier alpha value is 0.210. The maximum atomic E-state index is 5.80. The molecule has 1 saturated heterocycles. The molecule has 0 aromatic heterocycles. The number of nitrogens with zero attached hydrogens (tertiary/aromatic N) is 1. The molecule has 1 saturated carbocycles. The zero-order valence-corrected chi connectivity index (χ0v) is 10.3. The molecule has 0 atom stereocenters. The van der Waals surface area contributed by atoms with Gasteiger partial charge in [0.1, 0.15) is 0 Å². The molecule has 2 aliphatic rings. The van der Waals surface area contributed by atoms with Crippen molar-refractivity contribution in [1.29, 1.82) is 0 Å².